The predicted molar refractivity (Wildman–Crippen MR) is 130 cm³/mol. The molecule has 0 bridgehead atoms. The van der Waals surface area contributed by atoms with Gasteiger partial charge in [-0.25, -0.2) is 13.1 Å². The quantitative estimate of drug-likeness (QED) is 0.557. The van der Waals surface area contributed by atoms with E-state index in [0.29, 0.717) is 22.6 Å². The van der Waals surface area contributed by atoms with Gasteiger partial charge in [0.25, 0.3) is 0 Å². The summed E-state index contributed by atoms with van der Waals surface area (Å²) in [6, 6.07) is 9.16. The number of nitrogens with zero attached hydrogens (tertiary/aromatic N) is 1. The molecule has 174 valence electrons. The lowest BCUT2D eigenvalue weighted by Crippen LogP contribution is -2.48. The van der Waals surface area contributed by atoms with Crippen molar-refractivity contribution < 1.29 is 13.5 Å². The molecule has 2 aliphatic rings. The monoisotopic (exact) mass is 456 g/mol. The molecule has 1 spiro atoms. The van der Waals surface area contributed by atoms with Gasteiger partial charge in [-0.15, -0.1) is 0 Å². The summed E-state index contributed by atoms with van der Waals surface area (Å²) in [5.41, 5.74) is 6.04. The molecule has 2 aromatic carbocycles. The standard InChI is InChI=1S/C26H36N2O3S/c1-4-7-21-8-10-23(11-9-21)32(30,31)27-14-6-15-28-18-26(12-5-13-26)17-22-16-24(29)19(2)20(3)25(22)28/h8-11,16,27,29H,4-7,12-15,17-18H2,1-3H3. The molecule has 1 heterocycles. The highest BCUT2D eigenvalue weighted by atomic mass is 32.2. The first kappa shape index (κ1) is 23.1. The third kappa shape index (κ3) is 4.53. The molecule has 1 aliphatic carbocycles. The summed E-state index contributed by atoms with van der Waals surface area (Å²) in [7, 11) is -3.49. The van der Waals surface area contributed by atoms with Crippen LogP contribution < -0.4 is 9.62 Å². The van der Waals surface area contributed by atoms with Crippen molar-refractivity contribution in [2.75, 3.05) is 24.5 Å². The SMILES string of the molecule is CCCc1ccc(S(=O)(=O)NCCCN2CC3(CCC3)Cc3cc(O)c(C)c(C)c32)cc1. The second-order valence-corrected chi connectivity index (χ2v) is 11.5. The van der Waals surface area contributed by atoms with E-state index >= 15 is 0 Å². The zero-order valence-corrected chi connectivity index (χ0v) is 20.4. The zero-order chi connectivity index (χ0) is 22.9. The summed E-state index contributed by atoms with van der Waals surface area (Å²) >= 11 is 0. The molecule has 0 radical (unpaired) electrons. The maximum atomic E-state index is 12.7. The topological polar surface area (TPSA) is 69.6 Å². The second-order valence-electron chi connectivity index (χ2n) is 9.75. The van der Waals surface area contributed by atoms with Gasteiger partial charge in [0.2, 0.25) is 10.0 Å². The first-order chi connectivity index (χ1) is 15.2. The molecule has 32 heavy (non-hydrogen) atoms. The number of benzene rings is 2. The molecule has 0 saturated heterocycles. The fourth-order valence-corrected chi connectivity index (χ4v) is 6.43. The van der Waals surface area contributed by atoms with Gasteiger partial charge in [0.05, 0.1) is 4.90 Å². The number of hydrogen-bond acceptors (Lipinski definition) is 4. The molecule has 1 fully saturated rings. The number of fused-ring (bicyclic) bond motifs is 1. The number of aryl methyl sites for hydroxylation is 1. The maximum absolute atomic E-state index is 12.7. The van der Waals surface area contributed by atoms with Crippen molar-refractivity contribution in [1.29, 1.82) is 0 Å². The van der Waals surface area contributed by atoms with Gasteiger partial charge in [-0.3, -0.25) is 0 Å². The van der Waals surface area contributed by atoms with Crippen molar-refractivity contribution in [2.45, 2.75) is 70.6 Å². The number of anilines is 1. The molecular weight excluding hydrogens is 420 g/mol. The Morgan fingerprint density at radius 1 is 1.12 bits per heavy atom. The van der Waals surface area contributed by atoms with Crippen LogP contribution in [-0.4, -0.2) is 33.2 Å². The van der Waals surface area contributed by atoms with Gasteiger partial charge in [0, 0.05) is 25.3 Å². The van der Waals surface area contributed by atoms with Crippen molar-refractivity contribution in [3.05, 3.63) is 52.6 Å². The number of phenols is 1. The van der Waals surface area contributed by atoms with Gasteiger partial charge in [-0.05, 0) is 91.8 Å². The second kappa shape index (κ2) is 9.06. The molecule has 0 amide bonds. The van der Waals surface area contributed by atoms with Gasteiger partial charge >= 0.3 is 0 Å². The van der Waals surface area contributed by atoms with E-state index < -0.39 is 10.0 Å². The lowest BCUT2D eigenvalue weighted by molar-refractivity contribution is 0.134. The van der Waals surface area contributed by atoms with Crippen LogP contribution in [0.15, 0.2) is 35.2 Å². The molecule has 5 nitrogen and oxygen atoms in total. The lowest BCUT2D eigenvalue weighted by atomic mass is 9.63. The molecular formula is C26H36N2O3S. The molecule has 6 heteroatoms. The molecule has 4 rings (SSSR count). The lowest BCUT2D eigenvalue weighted by Gasteiger charge is -2.51. The molecule has 2 N–H and O–H groups in total. The van der Waals surface area contributed by atoms with Gasteiger partial charge in [-0.2, -0.15) is 0 Å². The summed E-state index contributed by atoms with van der Waals surface area (Å²) in [6.07, 6.45) is 7.52. The van der Waals surface area contributed by atoms with E-state index in [0.717, 1.165) is 55.5 Å². The van der Waals surface area contributed by atoms with E-state index in [1.165, 1.54) is 30.5 Å². The van der Waals surface area contributed by atoms with Gasteiger partial charge in [0.1, 0.15) is 5.75 Å². The Kier molecular flexibility index (Phi) is 6.55. The highest BCUT2D eigenvalue weighted by Crippen LogP contribution is 2.51. The van der Waals surface area contributed by atoms with Gasteiger partial charge < -0.3 is 10.0 Å². The third-order valence-corrected chi connectivity index (χ3v) is 8.89. The Morgan fingerprint density at radius 3 is 2.47 bits per heavy atom. The molecule has 0 unspecified atom stereocenters. The molecule has 0 aromatic heterocycles. The van der Waals surface area contributed by atoms with Crippen LogP contribution in [-0.2, 0) is 22.9 Å². The Morgan fingerprint density at radius 2 is 1.84 bits per heavy atom. The fourth-order valence-electron chi connectivity index (χ4n) is 5.36. The Balaban J connectivity index is 1.42. The van der Waals surface area contributed by atoms with E-state index in [-0.39, 0.29) is 0 Å². The minimum Gasteiger partial charge on any atom is -0.508 e. The number of sulfonamides is 1. The minimum absolute atomic E-state index is 0.320. The van der Waals surface area contributed by atoms with Crippen LogP contribution in [0.5, 0.6) is 5.75 Å². The first-order valence-corrected chi connectivity index (χ1v) is 13.4. The van der Waals surface area contributed by atoms with Gasteiger partial charge in [-0.1, -0.05) is 31.9 Å². The Labute approximate surface area is 192 Å². The highest BCUT2D eigenvalue weighted by molar-refractivity contribution is 7.89. The van der Waals surface area contributed by atoms with E-state index in [2.05, 4.69) is 23.5 Å². The average Bonchev–Trinajstić information content (AvgIpc) is 2.74. The van der Waals surface area contributed by atoms with Crippen LogP contribution in [0.3, 0.4) is 0 Å². The average molecular weight is 457 g/mol. The van der Waals surface area contributed by atoms with Crippen molar-refractivity contribution in [1.82, 2.24) is 4.72 Å². The highest BCUT2D eigenvalue weighted by Gasteiger charge is 2.43. The van der Waals surface area contributed by atoms with Crippen molar-refractivity contribution in [3.8, 4) is 5.75 Å². The van der Waals surface area contributed by atoms with E-state index in [9.17, 15) is 13.5 Å². The summed E-state index contributed by atoms with van der Waals surface area (Å²) in [4.78, 5) is 2.77. The number of hydrogen-bond donors (Lipinski definition) is 2. The largest absolute Gasteiger partial charge is 0.508 e. The summed E-state index contributed by atoms with van der Waals surface area (Å²) < 4.78 is 28.2. The molecule has 0 atom stereocenters. The number of nitrogens with one attached hydrogen (secondary N) is 1. The van der Waals surface area contributed by atoms with Gasteiger partial charge in [0.15, 0.2) is 0 Å². The number of rotatable bonds is 8. The Hall–Kier alpha value is -2.05. The van der Waals surface area contributed by atoms with Crippen LogP contribution in [0, 0.1) is 19.3 Å². The molecule has 1 saturated carbocycles. The summed E-state index contributed by atoms with van der Waals surface area (Å²) in [6.45, 7) is 8.41. The summed E-state index contributed by atoms with van der Waals surface area (Å²) in [5, 5.41) is 10.4. The molecule has 2 aromatic rings. The first-order valence-electron chi connectivity index (χ1n) is 11.9. The number of aromatic hydroxyl groups is 1. The molecule has 1 aliphatic heterocycles. The fraction of sp³-hybridized carbons (Fsp3) is 0.538. The Bertz CT molecular complexity index is 1070. The van der Waals surface area contributed by atoms with Crippen LogP contribution in [0.2, 0.25) is 0 Å². The van der Waals surface area contributed by atoms with Crippen molar-refractivity contribution >= 4 is 15.7 Å². The van der Waals surface area contributed by atoms with E-state index in [1.54, 1.807) is 12.1 Å². The maximum Gasteiger partial charge on any atom is 0.240 e. The van der Waals surface area contributed by atoms with Crippen LogP contribution in [0.25, 0.3) is 0 Å². The van der Waals surface area contributed by atoms with E-state index in [4.69, 9.17) is 0 Å². The smallest absolute Gasteiger partial charge is 0.240 e. The van der Waals surface area contributed by atoms with Crippen LogP contribution in [0.4, 0.5) is 5.69 Å². The zero-order valence-electron chi connectivity index (χ0n) is 19.6. The minimum atomic E-state index is -3.49. The summed E-state index contributed by atoms with van der Waals surface area (Å²) in [5.74, 6) is 0.385. The number of phenolic OH excluding ortho intramolecular Hbond substituents is 1. The normalized spacial score (nSPS) is 17.3. The third-order valence-electron chi connectivity index (χ3n) is 7.41. The van der Waals surface area contributed by atoms with Crippen LogP contribution in [0.1, 0.15) is 61.3 Å². The van der Waals surface area contributed by atoms with Crippen molar-refractivity contribution in [2.24, 2.45) is 5.41 Å². The van der Waals surface area contributed by atoms with Crippen molar-refractivity contribution in [3.63, 3.8) is 0 Å². The van der Waals surface area contributed by atoms with E-state index in [1.807, 2.05) is 25.1 Å². The predicted octanol–water partition coefficient (Wildman–Crippen LogP) is 4.86. The van der Waals surface area contributed by atoms with Crippen LogP contribution >= 0.6 is 0 Å².